The Morgan fingerprint density at radius 3 is 1.81 bits per heavy atom. The molecule has 0 aliphatic heterocycles. The summed E-state index contributed by atoms with van der Waals surface area (Å²) in [7, 11) is 0.385. The van der Waals surface area contributed by atoms with Gasteiger partial charge in [-0.15, -0.1) is 11.5 Å². The van der Waals surface area contributed by atoms with Gasteiger partial charge in [0.15, 0.2) is 8.83 Å². The molecule has 0 spiro atoms. The third-order valence-electron chi connectivity index (χ3n) is 6.87. The normalized spacial score (nSPS) is 37.1. The Morgan fingerprint density at radius 1 is 0.926 bits per heavy atom. The lowest BCUT2D eigenvalue weighted by molar-refractivity contribution is 0.517. The average Bonchev–Trinajstić information content (AvgIpc) is 3.46. The third kappa shape index (κ3) is 3.63. The minimum absolute atomic E-state index is 0.335. The minimum atomic E-state index is 0.335. The Morgan fingerprint density at radius 2 is 1.41 bits per heavy atom. The van der Waals surface area contributed by atoms with Crippen molar-refractivity contribution in [2.75, 3.05) is 0 Å². The summed E-state index contributed by atoms with van der Waals surface area (Å²) in [4.78, 5) is 0. The Hall–Kier alpha value is -1.49. The van der Waals surface area contributed by atoms with Crippen molar-refractivity contribution in [3.05, 3.63) is 84.4 Å². The second-order valence-corrected chi connectivity index (χ2v) is 9.76. The molecule has 4 rings (SSSR count). The molecule has 0 heterocycles. The van der Waals surface area contributed by atoms with Crippen LogP contribution in [-0.2, 0) is 0 Å². The van der Waals surface area contributed by atoms with Gasteiger partial charge in [-0.3, -0.25) is 0 Å². The van der Waals surface area contributed by atoms with Crippen molar-refractivity contribution in [1.29, 1.82) is 0 Å². The fraction of sp³-hybridized carbons (Fsp3) is 0.440. The van der Waals surface area contributed by atoms with Crippen LogP contribution in [0.2, 0.25) is 5.54 Å². The quantitative estimate of drug-likeness (QED) is 0.199. The van der Waals surface area contributed by atoms with Gasteiger partial charge in [-0.1, -0.05) is 61.8 Å². The summed E-state index contributed by atoms with van der Waals surface area (Å²) in [5.74, 6) is 3.76. The maximum atomic E-state index is 6.24. The topological polar surface area (TPSA) is 0 Å². The van der Waals surface area contributed by atoms with E-state index in [9.17, 15) is 0 Å². The Kier molecular flexibility index (Phi) is 5.76. The van der Waals surface area contributed by atoms with E-state index in [0.29, 0.717) is 49.9 Å². The first-order valence-electron chi connectivity index (χ1n) is 10.1. The fourth-order valence-corrected chi connectivity index (χ4v) is 6.39. The van der Waals surface area contributed by atoms with E-state index in [4.69, 9.17) is 11.1 Å². The van der Waals surface area contributed by atoms with E-state index in [2.05, 4.69) is 73.2 Å². The predicted molar refractivity (Wildman–Crippen MR) is 117 cm³/mol. The smallest absolute Gasteiger partial charge is 0.170 e. The molecule has 0 N–H and O–H groups in total. The molecule has 0 aromatic carbocycles. The number of hydrogen-bond acceptors (Lipinski definition) is 0. The largest absolute Gasteiger partial charge is 0.183 e. The molecule has 2 heteroatoms. The number of hydrogen-bond donors (Lipinski definition) is 0. The molecule has 0 aromatic heterocycles. The van der Waals surface area contributed by atoms with Crippen LogP contribution in [0.1, 0.15) is 25.7 Å². The summed E-state index contributed by atoms with van der Waals surface area (Å²) in [5.41, 5.74) is 9.59. The van der Waals surface area contributed by atoms with Crippen LogP contribution in [0.25, 0.3) is 0 Å². The Labute approximate surface area is 171 Å². The van der Waals surface area contributed by atoms with E-state index in [1.54, 1.807) is 0 Å². The van der Waals surface area contributed by atoms with Crippen LogP contribution < -0.4 is 0 Å². The van der Waals surface area contributed by atoms with Gasteiger partial charge in [0.2, 0.25) is 0 Å². The second kappa shape index (κ2) is 8.25. The Bertz CT molecular complexity index is 734. The van der Waals surface area contributed by atoms with Crippen LogP contribution in [0.4, 0.5) is 0 Å². The average molecular weight is 391 g/mol. The predicted octanol–water partition coefficient (Wildman–Crippen LogP) is 6.59. The van der Waals surface area contributed by atoms with Crippen molar-refractivity contribution in [3.63, 3.8) is 0 Å². The van der Waals surface area contributed by atoms with Gasteiger partial charge in [0.1, 0.15) is 0 Å². The van der Waals surface area contributed by atoms with E-state index >= 15 is 0 Å². The van der Waals surface area contributed by atoms with Crippen LogP contribution in [0, 0.1) is 35.5 Å². The lowest BCUT2D eigenvalue weighted by Gasteiger charge is -2.18. The first kappa shape index (κ1) is 18.9. The van der Waals surface area contributed by atoms with Crippen LogP contribution in [0.15, 0.2) is 84.4 Å². The highest BCUT2D eigenvalue weighted by atomic mass is 35.6. The molecule has 4 bridgehead atoms. The molecule has 6 unspecified atom stereocenters. The number of allylic oxidation sites excluding steroid dienone is 10. The first-order valence-corrected chi connectivity index (χ1v) is 12.2. The van der Waals surface area contributed by atoms with Gasteiger partial charge in [0.25, 0.3) is 0 Å². The van der Waals surface area contributed by atoms with Crippen molar-refractivity contribution >= 4 is 19.9 Å². The number of fused-ring (bicyclic) bond motifs is 4. The van der Waals surface area contributed by atoms with Crippen molar-refractivity contribution < 1.29 is 0 Å². The maximum absolute atomic E-state index is 6.24. The van der Waals surface area contributed by atoms with Crippen molar-refractivity contribution in [3.8, 4) is 0 Å². The minimum Gasteiger partial charge on any atom is -0.170 e. The first-order chi connectivity index (χ1) is 13.2. The standard InChI is InChI=1S/C25H27ClSi/c1-3-22-17-11-13-19(15-17)24(22)9-5-7-21(27-26)8-6-10-25-20-14-12-18(16-20)23(25)4-2/h5-8,11-14,17-21,24-25H,1-2,9-10,15-16H2. The monoisotopic (exact) mass is 390 g/mol. The van der Waals surface area contributed by atoms with Gasteiger partial charge in [-0.05, 0) is 60.5 Å². The van der Waals surface area contributed by atoms with E-state index in [-0.39, 0.29) is 0 Å². The number of rotatable bonds is 7. The SMILES string of the molecule is C=C=C1C2C=CC(C2)C1CC=CC(C=CCC1C(=C=C)C2C=CC1C2)[Si]Cl. The maximum Gasteiger partial charge on any atom is 0.183 e. The van der Waals surface area contributed by atoms with E-state index < -0.39 is 0 Å². The van der Waals surface area contributed by atoms with Crippen molar-refractivity contribution in [1.82, 2.24) is 0 Å². The molecule has 0 aromatic rings. The van der Waals surface area contributed by atoms with Crippen LogP contribution in [0.5, 0.6) is 0 Å². The zero-order valence-electron chi connectivity index (χ0n) is 15.8. The van der Waals surface area contributed by atoms with Gasteiger partial charge in [-0.2, -0.15) is 11.1 Å². The van der Waals surface area contributed by atoms with Gasteiger partial charge in [0.05, 0.1) is 0 Å². The fourth-order valence-electron chi connectivity index (χ4n) is 5.53. The van der Waals surface area contributed by atoms with Crippen LogP contribution in [-0.4, -0.2) is 8.83 Å². The molecule has 0 saturated heterocycles. The highest BCUT2D eigenvalue weighted by Gasteiger charge is 2.40. The molecule has 138 valence electrons. The molecular formula is C25H27ClSi. The summed E-state index contributed by atoms with van der Waals surface area (Å²) in [6.45, 7) is 7.82. The highest BCUT2D eigenvalue weighted by molar-refractivity contribution is 6.95. The number of halogens is 1. The zero-order valence-corrected chi connectivity index (χ0v) is 17.5. The molecule has 0 nitrogen and oxygen atoms in total. The highest BCUT2D eigenvalue weighted by Crippen LogP contribution is 2.49. The van der Waals surface area contributed by atoms with E-state index in [1.807, 2.05) is 0 Å². The van der Waals surface area contributed by atoms with Gasteiger partial charge < -0.3 is 0 Å². The van der Waals surface area contributed by atoms with Gasteiger partial charge in [-0.25, -0.2) is 0 Å². The summed E-state index contributed by atoms with van der Waals surface area (Å²) in [5, 5.41) is 0. The lowest BCUT2D eigenvalue weighted by Crippen LogP contribution is -2.09. The van der Waals surface area contributed by atoms with Crippen molar-refractivity contribution in [2.24, 2.45) is 35.5 Å². The van der Waals surface area contributed by atoms with Crippen LogP contribution >= 0.6 is 11.1 Å². The Balaban J connectivity index is 1.32. The summed E-state index contributed by atoms with van der Waals surface area (Å²) < 4.78 is 0. The summed E-state index contributed by atoms with van der Waals surface area (Å²) in [6.07, 6.45) is 23.4. The molecular weight excluding hydrogens is 364 g/mol. The molecule has 27 heavy (non-hydrogen) atoms. The zero-order chi connectivity index (χ0) is 18.8. The molecule has 2 radical (unpaired) electrons. The lowest BCUT2D eigenvalue weighted by atomic mass is 9.86. The molecule has 4 aliphatic rings. The molecule has 4 aliphatic carbocycles. The van der Waals surface area contributed by atoms with Crippen LogP contribution in [0.3, 0.4) is 0 Å². The summed E-state index contributed by atoms with van der Waals surface area (Å²) >= 11 is 6.24. The molecule has 0 amide bonds. The van der Waals surface area contributed by atoms with E-state index in [1.165, 1.54) is 24.0 Å². The molecule has 6 atom stereocenters. The second-order valence-electron chi connectivity index (χ2n) is 8.22. The molecule has 2 saturated carbocycles. The van der Waals surface area contributed by atoms with Gasteiger partial charge >= 0.3 is 0 Å². The van der Waals surface area contributed by atoms with E-state index in [0.717, 1.165) is 12.8 Å². The van der Waals surface area contributed by atoms with Gasteiger partial charge in [0, 0.05) is 17.4 Å². The van der Waals surface area contributed by atoms with Crippen molar-refractivity contribution in [2.45, 2.75) is 31.2 Å². The summed E-state index contributed by atoms with van der Waals surface area (Å²) in [6, 6.07) is 0. The third-order valence-corrected chi connectivity index (χ3v) is 8.26. The molecule has 2 fully saturated rings.